The lowest BCUT2D eigenvalue weighted by atomic mass is 10.2. The van der Waals surface area contributed by atoms with Gasteiger partial charge >= 0.3 is 0 Å². The number of thioether (sulfide) groups is 1. The predicted octanol–water partition coefficient (Wildman–Crippen LogP) is 5.00. The topological polar surface area (TPSA) is 64.1 Å². The van der Waals surface area contributed by atoms with E-state index < -0.39 is 6.10 Å². The van der Waals surface area contributed by atoms with E-state index in [0.717, 1.165) is 14.6 Å². The molecule has 0 radical (unpaired) electrons. The van der Waals surface area contributed by atoms with Crippen LogP contribution in [0.25, 0.3) is 0 Å². The molecule has 0 aliphatic rings. The van der Waals surface area contributed by atoms with Crippen molar-refractivity contribution in [2.24, 2.45) is 0 Å². The average Bonchev–Trinajstić information content (AvgIpc) is 3.10. The van der Waals surface area contributed by atoms with Crippen molar-refractivity contribution in [3.8, 4) is 5.75 Å². The summed E-state index contributed by atoms with van der Waals surface area (Å²) in [6, 6.07) is 17.5. The number of hydrogen-bond donors (Lipinski definition) is 1. The van der Waals surface area contributed by atoms with Crippen molar-refractivity contribution in [2.75, 3.05) is 5.32 Å². The molecule has 0 saturated heterocycles. The monoisotopic (exact) mass is 449 g/mol. The van der Waals surface area contributed by atoms with Crippen LogP contribution in [0.2, 0.25) is 0 Å². The maximum atomic E-state index is 12.3. The van der Waals surface area contributed by atoms with Gasteiger partial charge < -0.3 is 4.74 Å². The molecule has 0 spiro atoms. The predicted molar refractivity (Wildman–Crippen MR) is 109 cm³/mol. The quantitative estimate of drug-likeness (QED) is 0.406. The highest BCUT2D eigenvalue weighted by atomic mass is 79.9. The number of carbonyl (C=O) groups is 1. The van der Waals surface area contributed by atoms with E-state index in [-0.39, 0.29) is 5.91 Å². The zero-order chi connectivity index (χ0) is 18.4. The molecule has 5 nitrogen and oxygen atoms in total. The van der Waals surface area contributed by atoms with E-state index in [0.29, 0.717) is 10.9 Å². The molecular weight excluding hydrogens is 434 g/mol. The Bertz CT molecular complexity index is 856. The van der Waals surface area contributed by atoms with E-state index in [1.54, 1.807) is 30.8 Å². The summed E-state index contributed by atoms with van der Waals surface area (Å²) in [6.45, 7) is 1.70. The molecule has 1 amide bonds. The first-order chi connectivity index (χ1) is 12.6. The van der Waals surface area contributed by atoms with Crippen molar-refractivity contribution in [3.05, 3.63) is 64.6 Å². The number of benzene rings is 2. The van der Waals surface area contributed by atoms with E-state index in [2.05, 4.69) is 43.6 Å². The summed E-state index contributed by atoms with van der Waals surface area (Å²) in [4.78, 5) is 12.3. The Morgan fingerprint density at radius 2 is 1.92 bits per heavy atom. The molecule has 0 aliphatic heterocycles. The van der Waals surface area contributed by atoms with Gasteiger partial charge in [-0.2, -0.15) is 0 Å². The number of rotatable bonds is 7. The van der Waals surface area contributed by atoms with Crippen molar-refractivity contribution in [3.63, 3.8) is 0 Å². The van der Waals surface area contributed by atoms with Crippen LogP contribution in [-0.4, -0.2) is 22.2 Å². The zero-order valence-corrected chi connectivity index (χ0v) is 17.1. The van der Waals surface area contributed by atoms with E-state index in [4.69, 9.17) is 4.74 Å². The third-order valence-corrected chi connectivity index (χ3v) is 5.91. The lowest BCUT2D eigenvalue weighted by Crippen LogP contribution is -2.30. The number of ether oxygens (including phenoxy) is 1. The summed E-state index contributed by atoms with van der Waals surface area (Å²) in [5, 5.41) is 11.4. The fraction of sp³-hybridized carbons (Fsp3) is 0.167. The first-order valence-corrected chi connectivity index (χ1v) is 10.4. The van der Waals surface area contributed by atoms with Crippen LogP contribution >= 0.6 is 39.0 Å². The van der Waals surface area contributed by atoms with Crippen LogP contribution in [0.5, 0.6) is 5.75 Å². The minimum absolute atomic E-state index is 0.260. The van der Waals surface area contributed by atoms with Crippen LogP contribution in [-0.2, 0) is 10.5 Å². The number of aromatic nitrogens is 2. The van der Waals surface area contributed by atoms with Crippen molar-refractivity contribution < 1.29 is 9.53 Å². The fourth-order valence-electron chi connectivity index (χ4n) is 2.02. The van der Waals surface area contributed by atoms with Crippen molar-refractivity contribution >= 4 is 50.1 Å². The highest BCUT2D eigenvalue weighted by Gasteiger charge is 2.17. The second-order valence-electron chi connectivity index (χ2n) is 5.35. The summed E-state index contributed by atoms with van der Waals surface area (Å²) >= 11 is 6.31. The van der Waals surface area contributed by atoms with E-state index in [1.807, 2.05) is 30.3 Å². The van der Waals surface area contributed by atoms with Crippen molar-refractivity contribution in [1.82, 2.24) is 10.2 Å². The van der Waals surface area contributed by atoms with Crippen LogP contribution in [0.3, 0.4) is 0 Å². The van der Waals surface area contributed by atoms with Crippen LogP contribution in [0.15, 0.2) is 63.4 Å². The van der Waals surface area contributed by atoms with Gasteiger partial charge in [-0.3, -0.25) is 10.1 Å². The third-order valence-electron chi connectivity index (χ3n) is 3.34. The molecule has 1 atom stereocenters. The van der Waals surface area contributed by atoms with Gasteiger partial charge in [0.25, 0.3) is 5.91 Å². The van der Waals surface area contributed by atoms with Crippen LogP contribution in [0.1, 0.15) is 12.5 Å². The summed E-state index contributed by atoms with van der Waals surface area (Å²) < 4.78 is 7.40. The minimum Gasteiger partial charge on any atom is -0.481 e. The molecule has 0 bridgehead atoms. The number of halogens is 1. The minimum atomic E-state index is -0.638. The Morgan fingerprint density at radius 3 is 2.65 bits per heavy atom. The lowest BCUT2D eigenvalue weighted by molar-refractivity contribution is -0.122. The van der Waals surface area contributed by atoms with Gasteiger partial charge in [0.2, 0.25) is 5.13 Å². The number of nitrogens with zero attached hydrogens (tertiary/aromatic N) is 2. The molecule has 1 unspecified atom stereocenters. The van der Waals surface area contributed by atoms with Crippen molar-refractivity contribution in [1.29, 1.82) is 0 Å². The Balaban J connectivity index is 1.51. The molecule has 3 aromatic rings. The molecule has 1 N–H and O–H groups in total. The van der Waals surface area contributed by atoms with Gasteiger partial charge in [-0.1, -0.05) is 69.4 Å². The van der Waals surface area contributed by atoms with E-state index in [9.17, 15) is 4.79 Å². The molecule has 0 saturated carbocycles. The van der Waals surface area contributed by atoms with E-state index in [1.165, 1.54) is 16.9 Å². The van der Waals surface area contributed by atoms with Crippen LogP contribution in [0.4, 0.5) is 5.13 Å². The molecule has 1 aromatic heterocycles. The molecule has 2 aromatic carbocycles. The molecule has 26 heavy (non-hydrogen) atoms. The number of anilines is 1. The Labute approximate surface area is 168 Å². The fourth-order valence-corrected chi connectivity index (χ4v) is 3.99. The van der Waals surface area contributed by atoms with Crippen LogP contribution in [0, 0.1) is 0 Å². The molecule has 0 fully saturated rings. The maximum absolute atomic E-state index is 12.3. The SMILES string of the molecule is CC(Oc1ccc(Br)cc1)C(=O)Nc1nnc(SCc2ccccc2)s1. The highest BCUT2D eigenvalue weighted by Crippen LogP contribution is 2.28. The van der Waals surface area contributed by atoms with E-state index >= 15 is 0 Å². The van der Waals surface area contributed by atoms with Gasteiger partial charge in [0.1, 0.15) is 5.75 Å². The average molecular weight is 450 g/mol. The Hall–Kier alpha value is -1.90. The Kier molecular flexibility index (Phi) is 6.65. The molecular formula is C18H16BrN3O2S2. The smallest absolute Gasteiger partial charge is 0.266 e. The highest BCUT2D eigenvalue weighted by molar-refractivity contribution is 9.10. The first-order valence-electron chi connectivity index (χ1n) is 7.83. The van der Waals surface area contributed by atoms with Gasteiger partial charge in [0, 0.05) is 10.2 Å². The Morgan fingerprint density at radius 1 is 1.19 bits per heavy atom. The summed E-state index contributed by atoms with van der Waals surface area (Å²) in [5.41, 5.74) is 1.22. The van der Waals surface area contributed by atoms with Gasteiger partial charge in [0.15, 0.2) is 10.4 Å². The lowest BCUT2D eigenvalue weighted by Gasteiger charge is -2.13. The van der Waals surface area contributed by atoms with Gasteiger partial charge in [-0.25, -0.2) is 0 Å². The molecule has 8 heteroatoms. The molecule has 134 valence electrons. The number of hydrogen-bond acceptors (Lipinski definition) is 6. The summed E-state index contributed by atoms with van der Waals surface area (Å²) in [6.07, 6.45) is -0.638. The third kappa shape index (κ3) is 5.55. The number of amides is 1. The van der Waals surface area contributed by atoms with Gasteiger partial charge in [-0.15, -0.1) is 10.2 Å². The van der Waals surface area contributed by atoms with Crippen molar-refractivity contribution in [2.45, 2.75) is 23.1 Å². The summed E-state index contributed by atoms with van der Waals surface area (Å²) in [5.74, 6) is 1.18. The van der Waals surface area contributed by atoms with Gasteiger partial charge in [-0.05, 0) is 36.8 Å². The van der Waals surface area contributed by atoms with Gasteiger partial charge in [0.05, 0.1) is 0 Å². The zero-order valence-electron chi connectivity index (χ0n) is 13.9. The second-order valence-corrected chi connectivity index (χ2v) is 8.47. The normalized spacial score (nSPS) is 11.8. The molecule has 0 aliphatic carbocycles. The summed E-state index contributed by atoms with van der Waals surface area (Å²) in [7, 11) is 0. The first kappa shape index (κ1) is 18.9. The molecule has 3 rings (SSSR count). The standard InChI is InChI=1S/C18H16BrN3O2S2/c1-12(24-15-9-7-14(19)8-10-15)16(23)20-17-21-22-18(26-17)25-11-13-5-3-2-4-6-13/h2-10,12H,11H2,1H3,(H,20,21,23). The maximum Gasteiger partial charge on any atom is 0.266 e. The van der Waals surface area contributed by atoms with Crippen LogP contribution < -0.4 is 10.1 Å². The largest absolute Gasteiger partial charge is 0.481 e. The molecule has 1 heterocycles. The number of carbonyl (C=O) groups excluding carboxylic acids is 1. The second kappa shape index (κ2) is 9.16. The number of nitrogens with one attached hydrogen (secondary N) is 1.